The molecule has 0 saturated heterocycles. The van der Waals surface area contributed by atoms with Gasteiger partial charge < -0.3 is 5.43 Å². The van der Waals surface area contributed by atoms with Crippen LogP contribution in [0.5, 0.6) is 0 Å². The van der Waals surface area contributed by atoms with Crippen molar-refractivity contribution in [3.63, 3.8) is 0 Å². The Morgan fingerprint density at radius 1 is 1.02 bits per heavy atom. The van der Waals surface area contributed by atoms with Crippen LogP contribution in [0.15, 0.2) is 59.0 Å². The van der Waals surface area contributed by atoms with Crippen LogP contribution in [0, 0.1) is 17.7 Å². The number of halogens is 7. The number of fused-ring (bicyclic) bond motifs is 1. The van der Waals surface area contributed by atoms with Gasteiger partial charge in [0.15, 0.2) is 11.5 Å². The van der Waals surface area contributed by atoms with Gasteiger partial charge in [-0.25, -0.2) is 12.8 Å². The number of alkyl halides is 6. The van der Waals surface area contributed by atoms with Gasteiger partial charge in [-0.2, -0.15) is 39.1 Å². The Balaban J connectivity index is 1.41. The highest BCUT2D eigenvalue weighted by Crippen LogP contribution is 2.49. The summed E-state index contributed by atoms with van der Waals surface area (Å²) in [5.74, 6) is -5.77. The van der Waals surface area contributed by atoms with E-state index in [9.17, 15) is 47.6 Å². The Morgan fingerprint density at radius 3 is 2.23 bits per heavy atom. The van der Waals surface area contributed by atoms with E-state index in [1.807, 2.05) is 13.0 Å². The predicted molar refractivity (Wildman–Crippen MR) is 141 cm³/mol. The molecule has 17 heteroatoms. The van der Waals surface area contributed by atoms with E-state index in [0.29, 0.717) is 22.8 Å². The van der Waals surface area contributed by atoms with E-state index < -0.39 is 74.4 Å². The molecule has 1 aliphatic heterocycles. The highest BCUT2D eigenvalue weighted by Gasteiger charge is 2.54. The minimum Gasteiger partial charge on any atom is -0.301 e. The molecule has 3 aliphatic carbocycles. The SMILES string of the molecule is C[C@H]1C2=CNN(c3ccc(F)cc3)C2=CC2=C1[C@@H](CN(CC1(OS(=O)(=O)CC(F)(F)F)CC1)S(=O)(=O)CC(F)(F)F)CC2. The average Bonchev–Trinajstić information content (AvgIpc) is 3.25. The van der Waals surface area contributed by atoms with Gasteiger partial charge in [0.2, 0.25) is 10.0 Å². The zero-order valence-corrected chi connectivity index (χ0v) is 24.3. The lowest BCUT2D eigenvalue weighted by molar-refractivity contribution is -0.109. The first-order chi connectivity index (χ1) is 19.8. The smallest absolute Gasteiger partial charge is 0.301 e. The van der Waals surface area contributed by atoms with Crippen LogP contribution in [0.4, 0.5) is 36.4 Å². The molecule has 4 aliphatic rings. The van der Waals surface area contributed by atoms with Gasteiger partial charge in [0, 0.05) is 30.8 Å². The lowest BCUT2D eigenvalue weighted by Gasteiger charge is -2.33. The van der Waals surface area contributed by atoms with E-state index in [-0.39, 0.29) is 18.8 Å². The van der Waals surface area contributed by atoms with Gasteiger partial charge in [-0.05, 0) is 67.5 Å². The van der Waals surface area contributed by atoms with Gasteiger partial charge in [-0.1, -0.05) is 12.5 Å². The van der Waals surface area contributed by atoms with Crippen LogP contribution in [-0.4, -0.2) is 63.7 Å². The molecule has 1 N–H and O–H groups in total. The van der Waals surface area contributed by atoms with E-state index >= 15 is 0 Å². The molecule has 8 nitrogen and oxygen atoms in total. The highest BCUT2D eigenvalue weighted by molar-refractivity contribution is 7.89. The van der Waals surface area contributed by atoms with E-state index in [1.165, 1.54) is 12.1 Å². The third kappa shape index (κ3) is 7.20. The van der Waals surface area contributed by atoms with Crippen molar-refractivity contribution in [2.24, 2.45) is 11.8 Å². The zero-order valence-electron chi connectivity index (χ0n) is 22.7. The molecular weight excluding hydrogens is 631 g/mol. The summed E-state index contributed by atoms with van der Waals surface area (Å²) < 4.78 is 147. The van der Waals surface area contributed by atoms with E-state index in [4.69, 9.17) is 4.18 Å². The first kappa shape index (κ1) is 31.8. The normalized spacial score (nSPS) is 23.6. The van der Waals surface area contributed by atoms with Crippen molar-refractivity contribution in [3.8, 4) is 0 Å². The molecule has 1 fully saturated rings. The Bertz CT molecular complexity index is 1580. The number of hydrazine groups is 1. The van der Waals surface area contributed by atoms with Crippen molar-refractivity contribution in [1.29, 1.82) is 0 Å². The summed E-state index contributed by atoms with van der Waals surface area (Å²) in [6, 6.07) is 5.78. The maximum absolute atomic E-state index is 13.5. The minimum atomic E-state index is -5.18. The van der Waals surface area contributed by atoms with Crippen molar-refractivity contribution in [2.45, 2.75) is 50.6 Å². The summed E-state index contributed by atoms with van der Waals surface area (Å²) in [6.07, 6.45) is -6.03. The molecule has 0 unspecified atom stereocenters. The van der Waals surface area contributed by atoms with Crippen molar-refractivity contribution < 1.29 is 51.8 Å². The van der Waals surface area contributed by atoms with Crippen molar-refractivity contribution in [1.82, 2.24) is 9.73 Å². The Labute approximate surface area is 244 Å². The first-order valence-corrected chi connectivity index (χ1v) is 16.5. The molecule has 43 heavy (non-hydrogen) atoms. The quantitative estimate of drug-likeness (QED) is 0.282. The molecule has 5 rings (SSSR count). The molecule has 1 heterocycles. The summed E-state index contributed by atoms with van der Waals surface area (Å²) in [4.78, 5) is 0. The van der Waals surface area contributed by atoms with Crippen molar-refractivity contribution in [2.75, 3.05) is 29.6 Å². The molecule has 0 radical (unpaired) electrons. The molecular formula is C26H28F7N3O5S2. The second-order valence-electron chi connectivity index (χ2n) is 11.3. The average molecular weight is 660 g/mol. The van der Waals surface area contributed by atoms with Crippen LogP contribution in [-0.2, 0) is 24.3 Å². The van der Waals surface area contributed by atoms with Gasteiger partial charge in [0.05, 0.1) is 11.4 Å². The number of sulfonamides is 1. The zero-order chi connectivity index (χ0) is 31.6. The van der Waals surface area contributed by atoms with E-state index in [0.717, 1.165) is 22.4 Å². The molecule has 0 spiro atoms. The Morgan fingerprint density at radius 2 is 1.65 bits per heavy atom. The summed E-state index contributed by atoms with van der Waals surface area (Å²) in [5.41, 5.74) is 5.15. The van der Waals surface area contributed by atoms with E-state index in [1.54, 1.807) is 23.3 Å². The topological polar surface area (TPSA) is 96.0 Å². The second-order valence-corrected chi connectivity index (χ2v) is 14.8. The minimum absolute atomic E-state index is 0.138. The van der Waals surface area contributed by atoms with Gasteiger partial charge in [-0.15, -0.1) is 0 Å². The first-order valence-electron chi connectivity index (χ1n) is 13.3. The van der Waals surface area contributed by atoms with Crippen molar-refractivity contribution in [3.05, 3.63) is 64.8 Å². The van der Waals surface area contributed by atoms with Gasteiger partial charge in [-0.3, -0.25) is 9.19 Å². The lowest BCUT2D eigenvalue weighted by atomic mass is 9.80. The number of hydrogen-bond donors (Lipinski definition) is 1. The lowest BCUT2D eigenvalue weighted by Crippen LogP contribution is -2.46. The summed E-state index contributed by atoms with van der Waals surface area (Å²) in [5, 5.41) is 1.75. The number of rotatable bonds is 10. The maximum Gasteiger partial charge on any atom is 0.405 e. The number of hydrogen-bond acceptors (Lipinski definition) is 7. The number of benzene rings is 1. The van der Waals surface area contributed by atoms with Gasteiger partial charge in [0.1, 0.15) is 11.4 Å². The van der Waals surface area contributed by atoms with Crippen LogP contribution < -0.4 is 10.4 Å². The number of allylic oxidation sites excluding steroid dienone is 3. The predicted octanol–water partition coefficient (Wildman–Crippen LogP) is 4.91. The monoisotopic (exact) mass is 659 g/mol. The van der Waals surface area contributed by atoms with Crippen LogP contribution in [0.25, 0.3) is 0 Å². The molecule has 0 aromatic heterocycles. The molecule has 0 bridgehead atoms. The molecule has 1 saturated carbocycles. The molecule has 1 aromatic rings. The number of nitrogens with one attached hydrogen (secondary N) is 1. The standard InChI is InChI=1S/C26H28F7N3O5S2/c1-16-21-11-34-36(20-6-4-19(27)5-7-20)22(21)10-17-2-3-18(23(16)17)12-35(42(37,38)14-25(28,29)30)13-24(8-9-24)41-43(39,40)15-26(31,32)33/h4-7,10-11,16,18,34H,2-3,8-9,12-15H2,1H3/t16-,18+/m0/s1. The van der Waals surface area contributed by atoms with Gasteiger partial charge in [0.25, 0.3) is 10.1 Å². The molecule has 2 atom stereocenters. The molecule has 0 amide bonds. The fourth-order valence-corrected chi connectivity index (χ4v) is 8.61. The number of anilines is 1. The van der Waals surface area contributed by atoms with Gasteiger partial charge >= 0.3 is 12.4 Å². The molecule has 1 aromatic carbocycles. The van der Waals surface area contributed by atoms with Crippen LogP contribution in [0.2, 0.25) is 0 Å². The fourth-order valence-electron chi connectivity index (χ4n) is 5.95. The van der Waals surface area contributed by atoms with E-state index in [2.05, 4.69) is 5.43 Å². The van der Waals surface area contributed by atoms with Crippen molar-refractivity contribution >= 4 is 25.8 Å². The largest absolute Gasteiger partial charge is 0.405 e. The van der Waals surface area contributed by atoms with Crippen LogP contribution >= 0.6 is 0 Å². The summed E-state index contributed by atoms with van der Waals surface area (Å²) in [6.45, 7) is 0.601. The Kier molecular flexibility index (Phi) is 7.96. The highest BCUT2D eigenvalue weighted by atomic mass is 32.2. The van der Waals surface area contributed by atoms with Crippen LogP contribution in [0.1, 0.15) is 32.6 Å². The fraction of sp³-hybridized carbons (Fsp3) is 0.538. The summed E-state index contributed by atoms with van der Waals surface area (Å²) >= 11 is 0. The second kappa shape index (κ2) is 10.8. The third-order valence-electron chi connectivity index (χ3n) is 7.87. The van der Waals surface area contributed by atoms with Crippen LogP contribution in [0.3, 0.4) is 0 Å². The number of nitrogens with zero attached hydrogens (tertiary/aromatic N) is 2. The molecule has 238 valence electrons. The summed E-state index contributed by atoms with van der Waals surface area (Å²) in [7, 11) is -10.2. The third-order valence-corrected chi connectivity index (χ3v) is 10.9. The maximum atomic E-state index is 13.5. The Hall–Kier alpha value is -2.63.